The first-order chi connectivity index (χ1) is 9.61. The van der Waals surface area contributed by atoms with Crippen LogP contribution in [0.5, 0.6) is 0 Å². The molecule has 3 unspecified atom stereocenters. The maximum atomic E-state index is 12.3. The molecule has 20 heavy (non-hydrogen) atoms. The molecule has 2 N–H and O–H groups in total. The van der Waals surface area contributed by atoms with Crippen LogP contribution in [0.25, 0.3) is 0 Å². The summed E-state index contributed by atoms with van der Waals surface area (Å²) in [5.74, 6) is -1.25. The quantitative estimate of drug-likeness (QED) is 0.847. The molecule has 2 rings (SSSR count). The van der Waals surface area contributed by atoms with Gasteiger partial charge in [0.05, 0.1) is 12.0 Å². The first-order valence-electron chi connectivity index (χ1n) is 7.18. The van der Waals surface area contributed by atoms with Gasteiger partial charge in [0.1, 0.15) is 0 Å². The van der Waals surface area contributed by atoms with Gasteiger partial charge in [0.25, 0.3) is 0 Å². The number of rotatable bonds is 6. The Kier molecular flexibility index (Phi) is 5.17. The number of aliphatic carboxylic acids is 1. The predicted molar refractivity (Wildman–Crippen MR) is 78.6 cm³/mol. The molecule has 4 nitrogen and oxygen atoms in total. The molecule has 1 aromatic heterocycles. The fourth-order valence-corrected chi connectivity index (χ4v) is 3.61. The van der Waals surface area contributed by atoms with E-state index in [0.717, 1.165) is 12.8 Å². The average Bonchev–Trinajstić information content (AvgIpc) is 3.09. The third-order valence-corrected chi connectivity index (χ3v) is 4.92. The summed E-state index contributed by atoms with van der Waals surface area (Å²) in [5.41, 5.74) is 0. The van der Waals surface area contributed by atoms with E-state index in [2.05, 4.69) is 12.2 Å². The van der Waals surface area contributed by atoms with Crippen molar-refractivity contribution in [1.82, 2.24) is 5.32 Å². The van der Waals surface area contributed by atoms with Crippen molar-refractivity contribution >= 4 is 23.2 Å². The van der Waals surface area contributed by atoms with E-state index in [-0.39, 0.29) is 23.8 Å². The van der Waals surface area contributed by atoms with E-state index >= 15 is 0 Å². The maximum absolute atomic E-state index is 12.3. The van der Waals surface area contributed by atoms with E-state index in [4.69, 9.17) is 5.11 Å². The Morgan fingerprint density at radius 1 is 1.45 bits per heavy atom. The lowest BCUT2D eigenvalue weighted by Crippen LogP contribution is -2.33. The zero-order valence-electron chi connectivity index (χ0n) is 11.7. The van der Waals surface area contributed by atoms with Gasteiger partial charge in [-0.05, 0) is 37.1 Å². The number of amides is 1. The molecule has 0 saturated heterocycles. The predicted octanol–water partition coefficient (Wildman–Crippen LogP) is 3.21. The SMILES string of the molecule is CCCC(NC(=O)C1CCC(C(=O)O)C1)c1cccs1. The van der Waals surface area contributed by atoms with E-state index in [1.165, 1.54) is 4.88 Å². The summed E-state index contributed by atoms with van der Waals surface area (Å²) in [6.07, 6.45) is 3.70. The van der Waals surface area contributed by atoms with Gasteiger partial charge in [-0.25, -0.2) is 0 Å². The lowest BCUT2D eigenvalue weighted by atomic mass is 10.0. The van der Waals surface area contributed by atoms with E-state index in [1.54, 1.807) is 11.3 Å². The number of carbonyl (C=O) groups excluding carboxylic acids is 1. The molecule has 0 aromatic carbocycles. The van der Waals surface area contributed by atoms with E-state index in [9.17, 15) is 9.59 Å². The van der Waals surface area contributed by atoms with Crippen molar-refractivity contribution in [3.05, 3.63) is 22.4 Å². The minimum atomic E-state index is -0.774. The second kappa shape index (κ2) is 6.88. The van der Waals surface area contributed by atoms with Crippen LogP contribution in [-0.4, -0.2) is 17.0 Å². The molecule has 1 fully saturated rings. The summed E-state index contributed by atoms with van der Waals surface area (Å²) in [7, 11) is 0. The van der Waals surface area contributed by atoms with Crippen LogP contribution in [-0.2, 0) is 9.59 Å². The van der Waals surface area contributed by atoms with Gasteiger partial charge in [-0.1, -0.05) is 19.4 Å². The molecule has 1 aliphatic rings. The smallest absolute Gasteiger partial charge is 0.306 e. The minimum absolute atomic E-state index is 0.0144. The van der Waals surface area contributed by atoms with Crippen LogP contribution in [0.4, 0.5) is 0 Å². The molecule has 1 saturated carbocycles. The normalized spacial score (nSPS) is 23.4. The van der Waals surface area contributed by atoms with Crippen LogP contribution in [0.15, 0.2) is 17.5 Å². The minimum Gasteiger partial charge on any atom is -0.481 e. The molecule has 1 aliphatic carbocycles. The van der Waals surface area contributed by atoms with Crippen LogP contribution in [0.2, 0.25) is 0 Å². The van der Waals surface area contributed by atoms with Gasteiger partial charge < -0.3 is 10.4 Å². The van der Waals surface area contributed by atoms with Crippen molar-refractivity contribution in [1.29, 1.82) is 0 Å². The highest BCUT2D eigenvalue weighted by atomic mass is 32.1. The highest BCUT2D eigenvalue weighted by molar-refractivity contribution is 7.10. The Hall–Kier alpha value is -1.36. The molecule has 3 atom stereocenters. The monoisotopic (exact) mass is 295 g/mol. The van der Waals surface area contributed by atoms with E-state index < -0.39 is 5.97 Å². The molecule has 5 heteroatoms. The number of thiophene rings is 1. The summed E-state index contributed by atoms with van der Waals surface area (Å²) in [6.45, 7) is 2.10. The van der Waals surface area contributed by atoms with Crippen molar-refractivity contribution in [2.24, 2.45) is 11.8 Å². The number of carboxylic acids is 1. The van der Waals surface area contributed by atoms with Crippen molar-refractivity contribution in [2.45, 2.75) is 45.1 Å². The lowest BCUT2D eigenvalue weighted by Gasteiger charge is -2.19. The first-order valence-corrected chi connectivity index (χ1v) is 8.06. The number of hydrogen-bond acceptors (Lipinski definition) is 3. The number of carboxylic acid groups (broad SMARTS) is 1. The van der Waals surface area contributed by atoms with Gasteiger partial charge >= 0.3 is 5.97 Å². The van der Waals surface area contributed by atoms with Crippen LogP contribution in [0.3, 0.4) is 0 Å². The molecule has 1 heterocycles. The van der Waals surface area contributed by atoms with Crippen molar-refractivity contribution in [3.63, 3.8) is 0 Å². The average molecular weight is 295 g/mol. The highest BCUT2D eigenvalue weighted by Gasteiger charge is 2.34. The van der Waals surface area contributed by atoms with Gasteiger partial charge in [-0.2, -0.15) is 0 Å². The van der Waals surface area contributed by atoms with Gasteiger partial charge in [-0.3, -0.25) is 9.59 Å². The van der Waals surface area contributed by atoms with Crippen LogP contribution in [0.1, 0.15) is 49.9 Å². The van der Waals surface area contributed by atoms with Gasteiger partial charge in [-0.15, -0.1) is 11.3 Å². The third kappa shape index (κ3) is 3.60. The number of hydrogen-bond donors (Lipinski definition) is 2. The second-order valence-corrected chi connectivity index (χ2v) is 6.39. The molecule has 0 radical (unpaired) electrons. The van der Waals surface area contributed by atoms with Gasteiger partial charge in [0, 0.05) is 10.8 Å². The molecule has 1 amide bonds. The summed E-state index contributed by atoms with van der Waals surface area (Å²) >= 11 is 1.65. The number of carbonyl (C=O) groups is 2. The van der Waals surface area contributed by atoms with Crippen LogP contribution < -0.4 is 5.32 Å². The number of nitrogens with one attached hydrogen (secondary N) is 1. The molecule has 1 aromatic rings. The molecular weight excluding hydrogens is 274 g/mol. The van der Waals surface area contributed by atoms with Crippen LogP contribution >= 0.6 is 11.3 Å². The molecule has 0 bridgehead atoms. The Morgan fingerprint density at radius 3 is 2.75 bits per heavy atom. The molecular formula is C15H21NO3S. The van der Waals surface area contributed by atoms with Crippen LogP contribution in [0, 0.1) is 11.8 Å². The standard InChI is InChI=1S/C15H21NO3S/c1-2-4-12(13-5-3-8-20-13)16-14(17)10-6-7-11(9-10)15(18)19/h3,5,8,10-12H,2,4,6-7,9H2,1H3,(H,16,17)(H,18,19). The first kappa shape index (κ1) is 15.0. The summed E-state index contributed by atoms with van der Waals surface area (Å²) in [6, 6.07) is 4.10. The molecule has 0 spiro atoms. The largest absolute Gasteiger partial charge is 0.481 e. The van der Waals surface area contributed by atoms with Crippen molar-refractivity contribution in [2.75, 3.05) is 0 Å². The summed E-state index contributed by atoms with van der Waals surface area (Å²) < 4.78 is 0. The molecule has 0 aliphatic heterocycles. The Balaban J connectivity index is 1.94. The van der Waals surface area contributed by atoms with E-state index in [1.807, 2.05) is 17.5 Å². The maximum Gasteiger partial charge on any atom is 0.306 e. The Morgan fingerprint density at radius 2 is 2.20 bits per heavy atom. The summed E-state index contributed by atoms with van der Waals surface area (Å²) in [5, 5.41) is 14.1. The third-order valence-electron chi connectivity index (χ3n) is 3.93. The topological polar surface area (TPSA) is 66.4 Å². The van der Waals surface area contributed by atoms with Gasteiger partial charge in [0.15, 0.2) is 0 Å². The van der Waals surface area contributed by atoms with E-state index in [0.29, 0.717) is 19.3 Å². The second-order valence-electron chi connectivity index (χ2n) is 5.41. The van der Waals surface area contributed by atoms with Gasteiger partial charge in [0.2, 0.25) is 5.91 Å². The zero-order valence-corrected chi connectivity index (χ0v) is 12.5. The van der Waals surface area contributed by atoms with Crippen molar-refractivity contribution in [3.8, 4) is 0 Å². The molecule has 110 valence electrons. The summed E-state index contributed by atoms with van der Waals surface area (Å²) in [4.78, 5) is 24.4. The Labute approximate surface area is 123 Å². The highest BCUT2D eigenvalue weighted by Crippen LogP contribution is 2.32. The fourth-order valence-electron chi connectivity index (χ4n) is 2.80. The lowest BCUT2D eigenvalue weighted by molar-refractivity contribution is -0.141. The fraction of sp³-hybridized carbons (Fsp3) is 0.600. The Bertz CT molecular complexity index is 458. The zero-order chi connectivity index (χ0) is 14.5. The van der Waals surface area contributed by atoms with Crippen molar-refractivity contribution < 1.29 is 14.7 Å².